The number of halogens is 2. The Morgan fingerprint density at radius 2 is 1.47 bits per heavy atom. The quantitative estimate of drug-likeness (QED) is 0.196. The fraction of sp³-hybridized carbons (Fsp3) is 0.286. The summed E-state index contributed by atoms with van der Waals surface area (Å²) in [5, 5.41) is 9.19. The molecule has 0 spiro atoms. The van der Waals surface area contributed by atoms with Gasteiger partial charge in [0, 0.05) is 27.8 Å². The minimum Gasteiger partial charge on any atom is -0.333 e. The van der Waals surface area contributed by atoms with E-state index >= 15 is 0 Å². The Morgan fingerprint density at radius 1 is 0.889 bits per heavy atom. The van der Waals surface area contributed by atoms with Gasteiger partial charge in [-0.05, 0) is 48.7 Å². The van der Waals surface area contributed by atoms with Crippen LogP contribution >= 0.6 is 46.9 Å². The molecule has 8 heteroatoms. The second-order valence-electron chi connectivity index (χ2n) is 6.64. The van der Waals surface area contributed by atoms with Crippen molar-refractivity contribution in [2.45, 2.75) is 38.5 Å². The third-order valence-electron chi connectivity index (χ3n) is 4.72. The lowest BCUT2D eigenvalue weighted by Crippen LogP contribution is -2.23. The molecule has 194 valence electrons. The Hall–Kier alpha value is -1.96. The number of hydrogen-bond donors (Lipinski definition) is 1. The Bertz CT molecular complexity index is 1070. The van der Waals surface area contributed by atoms with Gasteiger partial charge in [0.2, 0.25) is 0 Å². The first-order valence-electron chi connectivity index (χ1n) is 11.9. The SMILES string of the molecule is CC.CC.CN.CSC(=NSc1ccccc1Cl)N1CC(c2ccccc2)C(c2ccc(Cl)cc2)=N1. The highest BCUT2D eigenvalue weighted by Gasteiger charge is 2.31. The van der Waals surface area contributed by atoms with Crippen LogP contribution in [0.25, 0.3) is 0 Å². The zero-order chi connectivity index (χ0) is 26.9. The molecule has 1 heterocycles. The monoisotopic (exact) mass is 562 g/mol. The standard InChI is InChI=1S/C23H19Cl2N3S2.2C2H6.CH5N/c1-29-23(27-30-21-10-6-5-9-20(21)25)28-15-19(16-7-3-2-4-8-16)22(26-28)17-11-13-18(24)14-12-17;3*1-2/h2-14,19H,15H2,1H3;2*1-2H3;2H2,1H3. The van der Waals surface area contributed by atoms with E-state index in [1.807, 2.05) is 93.6 Å². The fourth-order valence-electron chi connectivity index (χ4n) is 3.25. The van der Waals surface area contributed by atoms with Crippen molar-refractivity contribution in [3.05, 3.63) is 100 Å². The molecule has 1 aliphatic heterocycles. The number of thioether (sulfide) groups is 1. The van der Waals surface area contributed by atoms with Gasteiger partial charge < -0.3 is 5.73 Å². The van der Waals surface area contributed by atoms with Crippen LogP contribution in [0.1, 0.15) is 44.7 Å². The summed E-state index contributed by atoms with van der Waals surface area (Å²) in [6, 6.07) is 26.0. The summed E-state index contributed by atoms with van der Waals surface area (Å²) in [4.78, 5) is 0.923. The summed E-state index contributed by atoms with van der Waals surface area (Å²) in [6.45, 7) is 8.73. The van der Waals surface area contributed by atoms with Gasteiger partial charge in [0.15, 0.2) is 5.17 Å². The van der Waals surface area contributed by atoms with Crippen molar-refractivity contribution < 1.29 is 0 Å². The average Bonchev–Trinajstić information content (AvgIpc) is 3.39. The van der Waals surface area contributed by atoms with Gasteiger partial charge in [-0.3, -0.25) is 0 Å². The predicted octanol–water partition coefficient (Wildman–Crippen LogP) is 8.85. The molecule has 1 atom stereocenters. The number of hydrazone groups is 1. The molecule has 0 aliphatic carbocycles. The molecule has 0 amide bonds. The van der Waals surface area contributed by atoms with Crippen LogP contribution in [-0.4, -0.2) is 35.7 Å². The maximum atomic E-state index is 6.28. The van der Waals surface area contributed by atoms with Crippen LogP contribution in [0.4, 0.5) is 0 Å². The van der Waals surface area contributed by atoms with Crippen molar-refractivity contribution >= 4 is 57.8 Å². The van der Waals surface area contributed by atoms with Gasteiger partial charge in [0.1, 0.15) is 0 Å². The van der Waals surface area contributed by atoms with Crippen LogP contribution in [0, 0.1) is 0 Å². The summed E-state index contributed by atoms with van der Waals surface area (Å²) in [7, 11) is 1.50. The second kappa shape index (κ2) is 18.3. The lowest BCUT2D eigenvalue weighted by atomic mass is 9.91. The molecule has 4 rings (SSSR count). The summed E-state index contributed by atoms with van der Waals surface area (Å²) < 4.78 is 4.74. The van der Waals surface area contributed by atoms with Gasteiger partial charge in [0.25, 0.3) is 0 Å². The zero-order valence-corrected chi connectivity index (χ0v) is 24.9. The molecular weight excluding hydrogens is 527 g/mol. The summed E-state index contributed by atoms with van der Waals surface area (Å²) >= 11 is 15.3. The molecule has 0 aromatic heterocycles. The van der Waals surface area contributed by atoms with Gasteiger partial charge in [-0.15, -0.1) is 0 Å². The van der Waals surface area contributed by atoms with E-state index in [-0.39, 0.29) is 5.92 Å². The number of amidine groups is 1. The lowest BCUT2D eigenvalue weighted by molar-refractivity contribution is 0.485. The first kappa shape index (κ1) is 32.1. The highest BCUT2D eigenvalue weighted by Crippen LogP contribution is 2.33. The zero-order valence-electron chi connectivity index (χ0n) is 21.8. The summed E-state index contributed by atoms with van der Waals surface area (Å²) in [5.74, 6) is 0.148. The normalized spacial score (nSPS) is 14.4. The van der Waals surface area contributed by atoms with Crippen molar-refractivity contribution in [1.29, 1.82) is 0 Å². The van der Waals surface area contributed by atoms with Crippen LogP contribution < -0.4 is 5.73 Å². The first-order chi connectivity index (χ1) is 17.7. The lowest BCUT2D eigenvalue weighted by Gasteiger charge is -2.17. The molecule has 3 aromatic carbocycles. The molecule has 4 nitrogen and oxygen atoms in total. The number of benzene rings is 3. The molecule has 0 saturated heterocycles. The van der Waals surface area contributed by atoms with Crippen LogP contribution in [0.2, 0.25) is 10.0 Å². The van der Waals surface area contributed by atoms with Crippen molar-refractivity contribution in [3.63, 3.8) is 0 Å². The summed E-state index contributed by atoms with van der Waals surface area (Å²) in [6.07, 6.45) is 2.01. The van der Waals surface area contributed by atoms with E-state index in [2.05, 4.69) is 30.0 Å². The number of rotatable bonds is 4. The molecule has 0 bridgehead atoms. The molecule has 1 aliphatic rings. The number of nitrogens with zero attached hydrogens (tertiary/aromatic N) is 3. The van der Waals surface area contributed by atoms with Crippen LogP contribution in [0.15, 0.2) is 93.3 Å². The molecule has 3 aromatic rings. The topological polar surface area (TPSA) is 54.0 Å². The highest BCUT2D eigenvalue weighted by atomic mass is 35.5. The van der Waals surface area contributed by atoms with Gasteiger partial charge >= 0.3 is 0 Å². The van der Waals surface area contributed by atoms with Gasteiger partial charge in [-0.2, -0.15) is 9.50 Å². The molecule has 1 unspecified atom stereocenters. The minimum absolute atomic E-state index is 0.148. The van der Waals surface area contributed by atoms with Crippen molar-refractivity contribution in [3.8, 4) is 0 Å². The largest absolute Gasteiger partial charge is 0.333 e. The fourth-order valence-corrected chi connectivity index (χ4v) is 4.91. The third-order valence-corrected chi connectivity index (χ3v) is 7.01. The molecule has 0 radical (unpaired) electrons. The van der Waals surface area contributed by atoms with Gasteiger partial charge in [-0.25, -0.2) is 5.01 Å². The predicted molar refractivity (Wildman–Crippen MR) is 165 cm³/mol. The van der Waals surface area contributed by atoms with Crippen LogP contribution in [0.3, 0.4) is 0 Å². The molecule has 0 fully saturated rings. The Balaban J connectivity index is 0.00000101. The summed E-state index contributed by atoms with van der Waals surface area (Å²) in [5.41, 5.74) is 7.81. The van der Waals surface area contributed by atoms with E-state index in [0.717, 1.165) is 27.9 Å². The first-order valence-corrected chi connectivity index (χ1v) is 14.7. The maximum Gasteiger partial charge on any atom is 0.191 e. The number of nitrogens with two attached hydrogens (primary N) is 1. The second-order valence-corrected chi connectivity index (χ2v) is 9.06. The molecule has 0 saturated carbocycles. The molecular formula is C28H36Cl2N4S2. The van der Waals surface area contributed by atoms with E-state index in [1.165, 1.54) is 24.6 Å². The van der Waals surface area contributed by atoms with Crippen molar-refractivity contribution in [2.24, 2.45) is 15.2 Å². The minimum atomic E-state index is 0.148. The van der Waals surface area contributed by atoms with Crippen LogP contribution in [0.5, 0.6) is 0 Å². The Morgan fingerprint density at radius 3 is 2.06 bits per heavy atom. The average molecular weight is 564 g/mol. The van der Waals surface area contributed by atoms with Crippen LogP contribution in [-0.2, 0) is 0 Å². The van der Waals surface area contributed by atoms with E-state index in [0.29, 0.717) is 10.0 Å². The highest BCUT2D eigenvalue weighted by molar-refractivity contribution is 8.14. The van der Waals surface area contributed by atoms with E-state index in [1.54, 1.807) is 11.8 Å². The molecule has 36 heavy (non-hydrogen) atoms. The molecule has 2 N–H and O–H groups in total. The number of hydrogen-bond acceptors (Lipinski definition) is 5. The van der Waals surface area contributed by atoms with Crippen molar-refractivity contribution in [2.75, 3.05) is 19.8 Å². The Labute approximate surface area is 235 Å². The smallest absolute Gasteiger partial charge is 0.191 e. The van der Waals surface area contributed by atoms with E-state index in [9.17, 15) is 0 Å². The Kier molecular flexibility index (Phi) is 16.3. The third kappa shape index (κ3) is 9.16. The van der Waals surface area contributed by atoms with Gasteiger partial charge in [0.05, 0.1) is 17.3 Å². The van der Waals surface area contributed by atoms with E-state index < -0.39 is 0 Å². The maximum absolute atomic E-state index is 6.28. The van der Waals surface area contributed by atoms with Gasteiger partial charge in [-0.1, -0.05) is 117 Å². The van der Waals surface area contributed by atoms with E-state index in [4.69, 9.17) is 32.7 Å². The van der Waals surface area contributed by atoms with Crippen molar-refractivity contribution in [1.82, 2.24) is 5.01 Å².